The summed E-state index contributed by atoms with van der Waals surface area (Å²) in [5, 5.41) is 3.53. The minimum atomic E-state index is 0.0321. The predicted molar refractivity (Wildman–Crippen MR) is 129 cm³/mol. The second kappa shape index (κ2) is 10.2. The van der Waals surface area contributed by atoms with Crippen molar-refractivity contribution in [2.75, 3.05) is 13.7 Å². The molecule has 6 rings (SSSR count). The van der Waals surface area contributed by atoms with Gasteiger partial charge in [0.1, 0.15) is 29.9 Å². The van der Waals surface area contributed by atoms with Gasteiger partial charge in [-0.25, -0.2) is 29.9 Å². The number of nitrogens with zero attached hydrogens (tertiary/aromatic N) is 7. The summed E-state index contributed by atoms with van der Waals surface area (Å²) in [7, 11) is 1.93. The van der Waals surface area contributed by atoms with Crippen molar-refractivity contribution in [3.05, 3.63) is 60.3 Å². The second-order valence-corrected chi connectivity index (χ2v) is 8.22. The largest absolute Gasteiger partial charge is 0.358 e. The van der Waals surface area contributed by atoms with E-state index in [0.717, 1.165) is 48.4 Å². The van der Waals surface area contributed by atoms with Crippen molar-refractivity contribution in [2.45, 2.75) is 32.0 Å². The number of benzene rings is 1. The molecule has 0 spiro atoms. The SMILES string of the molecule is CNCc1cccc(-c2ncnc3nc[nH]c23)c1.Clc1ncnc2c1ncn2C1CCCCO1. The van der Waals surface area contributed by atoms with Crippen LogP contribution in [0.5, 0.6) is 0 Å². The highest BCUT2D eigenvalue weighted by molar-refractivity contribution is 6.33. The standard InChI is InChI=1S/C13H13N5.C10H11ClN4O/c1-14-6-9-3-2-4-10(5-9)11-12-13(17-7-15-11)18-8-16-12;11-9-8-10(13-5-12-9)15(6-14-8)7-3-1-2-4-16-7/h2-5,7-8,14H,6H2,1H3,(H,15,16,17,18);5-7H,1-4H2. The van der Waals surface area contributed by atoms with Crippen LogP contribution in [0.4, 0.5) is 0 Å². The third-order valence-corrected chi connectivity index (χ3v) is 5.86. The van der Waals surface area contributed by atoms with Crippen LogP contribution in [0.1, 0.15) is 31.1 Å². The lowest BCUT2D eigenvalue weighted by Crippen LogP contribution is -2.17. The molecule has 0 amide bonds. The van der Waals surface area contributed by atoms with E-state index in [0.29, 0.717) is 16.3 Å². The maximum absolute atomic E-state index is 5.94. The van der Waals surface area contributed by atoms with Crippen molar-refractivity contribution in [3.8, 4) is 11.3 Å². The van der Waals surface area contributed by atoms with Gasteiger partial charge in [0, 0.05) is 18.7 Å². The minimum absolute atomic E-state index is 0.0321. The van der Waals surface area contributed by atoms with Gasteiger partial charge in [0.15, 0.2) is 16.4 Å². The number of rotatable bonds is 4. The number of imidazole rings is 2. The third kappa shape index (κ3) is 4.60. The quantitative estimate of drug-likeness (QED) is 0.374. The molecule has 1 unspecified atom stereocenters. The molecule has 5 heterocycles. The first-order valence-electron chi connectivity index (χ1n) is 11.1. The van der Waals surface area contributed by atoms with Crippen LogP contribution in [-0.2, 0) is 11.3 Å². The number of nitrogens with one attached hydrogen (secondary N) is 2. The third-order valence-electron chi connectivity index (χ3n) is 5.58. The first-order chi connectivity index (χ1) is 16.7. The van der Waals surface area contributed by atoms with E-state index in [1.807, 2.05) is 23.7 Å². The van der Waals surface area contributed by atoms with E-state index in [1.54, 1.807) is 19.0 Å². The van der Waals surface area contributed by atoms with Crippen molar-refractivity contribution in [2.24, 2.45) is 0 Å². The van der Waals surface area contributed by atoms with Gasteiger partial charge in [0.2, 0.25) is 0 Å². The normalized spacial score (nSPS) is 15.9. The van der Waals surface area contributed by atoms with Gasteiger partial charge in [-0.05, 0) is 37.9 Å². The molecule has 0 aliphatic carbocycles. The zero-order valence-corrected chi connectivity index (χ0v) is 19.4. The smallest absolute Gasteiger partial charge is 0.181 e. The molecule has 1 saturated heterocycles. The number of hydrogen-bond donors (Lipinski definition) is 2. The van der Waals surface area contributed by atoms with Crippen molar-refractivity contribution in [1.29, 1.82) is 0 Å². The molecule has 1 aromatic carbocycles. The van der Waals surface area contributed by atoms with Crippen LogP contribution in [0.15, 0.2) is 49.6 Å². The Kier molecular flexibility index (Phi) is 6.70. The lowest BCUT2D eigenvalue weighted by atomic mass is 10.1. The molecule has 2 N–H and O–H groups in total. The Hall–Kier alpha value is -3.47. The molecule has 34 heavy (non-hydrogen) atoms. The van der Waals surface area contributed by atoms with Crippen LogP contribution in [-0.4, -0.2) is 53.1 Å². The molecule has 1 fully saturated rings. The molecular formula is C23H24ClN9O. The van der Waals surface area contributed by atoms with Crippen LogP contribution >= 0.6 is 11.6 Å². The number of aromatic nitrogens is 8. The summed E-state index contributed by atoms with van der Waals surface area (Å²) in [6.45, 7) is 1.63. The second-order valence-electron chi connectivity index (χ2n) is 7.86. The minimum Gasteiger partial charge on any atom is -0.358 e. The summed E-state index contributed by atoms with van der Waals surface area (Å²) in [6.07, 6.45) is 9.68. The molecule has 174 valence electrons. The van der Waals surface area contributed by atoms with Gasteiger partial charge in [-0.2, -0.15) is 0 Å². The summed E-state index contributed by atoms with van der Waals surface area (Å²) in [4.78, 5) is 28.0. The van der Waals surface area contributed by atoms with E-state index in [2.05, 4.69) is 52.3 Å². The van der Waals surface area contributed by atoms with E-state index in [-0.39, 0.29) is 6.23 Å². The fourth-order valence-electron chi connectivity index (χ4n) is 3.99. The van der Waals surface area contributed by atoms with Gasteiger partial charge in [-0.3, -0.25) is 4.57 Å². The van der Waals surface area contributed by atoms with Crippen LogP contribution in [0.2, 0.25) is 5.15 Å². The van der Waals surface area contributed by atoms with Gasteiger partial charge in [0.05, 0.1) is 18.3 Å². The fraction of sp³-hybridized carbons (Fsp3) is 0.304. The number of aromatic amines is 1. The van der Waals surface area contributed by atoms with Gasteiger partial charge >= 0.3 is 0 Å². The summed E-state index contributed by atoms with van der Waals surface area (Å²) in [6, 6.07) is 8.29. The van der Waals surface area contributed by atoms with Gasteiger partial charge in [0.25, 0.3) is 0 Å². The Bertz CT molecular complexity index is 1390. The highest BCUT2D eigenvalue weighted by Gasteiger charge is 2.19. The van der Waals surface area contributed by atoms with E-state index in [9.17, 15) is 0 Å². The average Bonchev–Trinajstić information content (AvgIpc) is 3.53. The zero-order valence-electron chi connectivity index (χ0n) is 18.6. The van der Waals surface area contributed by atoms with Crippen molar-refractivity contribution in [1.82, 2.24) is 44.8 Å². The Balaban J connectivity index is 0.000000142. The number of hydrogen-bond acceptors (Lipinski definition) is 8. The first-order valence-corrected chi connectivity index (χ1v) is 11.4. The molecule has 0 radical (unpaired) electrons. The molecule has 4 aromatic heterocycles. The van der Waals surface area contributed by atoms with Crippen molar-refractivity contribution < 1.29 is 4.74 Å². The predicted octanol–water partition coefficient (Wildman–Crippen LogP) is 3.92. The maximum Gasteiger partial charge on any atom is 0.181 e. The van der Waals surface area contributed by atoms with Crippen LogP contribution in [0, 0.1) is 0 Å². The van der Waals surface area contributed by atoms with E-state index < -0.39 is 0 Å². The summed E-state index contributed by atoms with van der Waals surface area (Å²) in [5.41, 5.74) is 6.12. The van der Waals surface area contributed by atoms with E-state index in [4.69, 9.17) is 16.3 Å². The van der Waals surface area contributed by atoms with Crippen LogP contribution in [0.3, 0.4) is 0 Å². The first kappa shape index (κ1) is 22.3. The van der Waals surface area contributed by atoms with Crippen LogP contribution in [0.25, 0.3) is 33.6 Å². The number of halogens is 1. The molecule has 1 atom stereocenters. The molecule has 11 heteroatoms. The summed E-state index contributed by atoms with van der Waals surface area (Å²) >= 11 is 5.94. The average molecular weight is 478 g/mol. The highest BCUT2D eigenvalue weighted by Crippen LogP contribution is 2.27. The Labute approximate surface area is 200 Å². The van der Waals surface area contributed by atoms with E-state index in [1.165, 1.54) is 18.3 Å². The highest BCUT2D eigenvalue weighted by atomic mass is 35.5. The van der Waals surface area contributed by atoms with Gasteiger partial charge < -0.3 is 15.0 Å². The molecule has 5 aromatic rings. The molecular weight excluding hydrogens is 454 g/mol. The molecule has 10 nitrogen and oxygen atoms in total. The number of ether oxygens (including phenoxy) is 1. The van der Waals surface area contributed by atoms with Crippen LogP contribution < -0.4 is 5.32 Å². The number of H-pyrrole nitrogens is 1. The zero-order chi connectivity index (χ0) is 23.3. The lowest BCUT2D eigenvalue weighted by molar-refractivity contribution is -0.0298. The van der Waals surface area contributed by atoms with E-state index >= 15 is 0 Å². The van der Waals surface area contributed by atoms with Crippen molar-refractivity contribution in [3.63, 3.8) is 0 Å². The Morgan fingerprint density at radius 2 is 2.03 bits per heavy atom. The van der Waals surface area contributed by atoms with Gasteiger partial charge in [-0.15, -0.1) is 0 Å². The topological polar surface area (TPSA) is 119 Å². The summed E-state index contributed by atoms with van der Waals surface area (Å²) < 4.78 is 7.62. The molecule has 0 saturated carbocycles. The monoisotopic (exact) mass is 477 g/mol. The molecule has 0 bridgehead atoms. The van der Waals surface area contributed by atoms with Gasteiger partial charge in [-0.1, -0.05) is 29.8 Å². The number of fused-ring (bicyclic) bond motifs is 2. The Morgan fingerprint density at radius 1 is 1.12 bits per heavy atom. The maximum atomic E-state index is 5.94. The lowest BCUT2D eigenvalue weighted by Gasteiger charge is -2.23. The Morgan fingerprint density at radius 3 is 2.88 bits per heavy atom. The molecule has 1 aliphatic rings. The fourth-order valence-corrected chi connectivity index (χ4v) is 4.17. The summed E-state index contributed by atoms with van der Waals surface area (Å²) in [5.74, 6) is 0. The molecule has 1 aliphatic heterocycles. The van der Waals surface area contributed by atoms with Crippen molar-refractivity contribution >= 4 is 33.9 Å².